The lowest BCUT2D eigenvalue weighted by atomic mass is 9.87. The molecule has 0 heterocycles. The molecular weight excluding hydrogens is 234 g/mol. The lowest BCUT2D eigenvalue weighted by Gasteiger charge is -2.25. The van der Waals surface area contributed by atoms with E-state index >= 15 is 0 Å². The van der Waals surface area contributed by atoms with E-state index in [1.54, 1.807) is 0 Å². The number of nitrogens with one attached hydrogen (secondary N) is 1. The molecule has 2 nitrogen and oxygen atoms in total. The SMILES string of the molecule is OC1CCC(CNCc2ccccc2Cl)CC1. The van der Waals surface area contributed by atoms with Crippen LogP contribution in [-0.2, 0) is 6.54 Å². The Hall–Kier alpha value is -0.570. The van der Waals surface area contributed by atoms with Crippen LogP contribution < -0.4 is 5.32 Å². The van der Waals surface area contributed by atoms with Crippen molar-refractivity contribution in [1.29, 1.82) is 0 Å². The van der Waals surface area contributed by atoms with Gasteiger partial charge in [0.2, 0.25) is 0 Å². The molecule has 0 atom stereocenters. The van der Waals surface area contributed by atoms with Gasteiger partial charge in [-0.3, -0.25) is 0 Å². The van der Waals surface area contributed by atoms with Gasteiger partial charge in [0.1, 0.15) is 0 Å². The van der Waals surface area contributed by atoms with Crippen molar-refractivity contribution in [3.05, 3.63) is 34.9 Å². The van der Waals surface area contributed by atoms with Crippen molar-refractivity contribution < 1.29 is 5.11 Å². The summed E-state index contributed by atoms with van der Waals surface area (Å²) in [4.78, 5) is 0. The maximum atomic E-state index is 9.43. The van der Waals surface area contributed by atoms with Crippen molar-refractivity contribution in [2.75, 3.05) is 6.54 Å². The maximum Gasteiger partial charge on any atom is 0.0540 e. The van der Waals surface area contributed by atoms with E-state index in [4.69, 9.17) is 11.6 Å². The molecule has 1 aliphatic rings. The summed E-state index contributed by atoms with van der Waals surface area (Å²) in [6.07, 6.45) is 4.12. The van der Waals surface area contributed by atoms with E-state index in [0.29, 0.717) is 5.92 Å². The predicted octanol–water partition coefficient (Wildman–Crippen LogP) is 2.98. The number of halogens is 1. The Morgan fingerprint density at radius 2 is 1.88 bits per heavy atom. The Bertz CT molecular complexity index is 348. The molecule has 0 spiro atoms. The fourth-order valence-corrected chi connectivity index (χ4v) is 2.60. The van der Waals surface area contributed by atoms with Gasteiger partial charge < -0.3 is 10.4 Å². The van der Waals surface area contributed by atoms with E-state index in [-0.39, 0.29) is 6.10 Å². The molecule has 94 valence electrons. The van der Waals surface area contributed by atoms with Gasteiger partial charge in [0, 0.05) is 11.6 Å². The lowest BCUT2D eigenvalue weighted by Crippen LogP contribution is -2.27. The van der Waals surface area contributed by atoms with E-state index in [2.05, 4.69) is 11.4 Å². The summed E-state index contributed by atoms with van der Waals surface area (Å²) in [6.45, 7) is 1.86. The fraction of sp³-hybridized carbons (Fsp3) is 0.571. The minimum Gasteiger partial charge on any atom is -0.393 e. The number of hydrogen-bond donors (Lipinski definition) is 2. The molecular formula is C14H20ClNO. The maximum absolute atomic E-state index is 9.43. The van der Waals surface area contributed by atoms with Gasteiger partial charge >= 0.3 is 0 Å². The van der Waals surface area contributed by atoms with E-state index in [1.165, 1.54) is 0 Å². The minimum atomic E-state index is -0.0604. The van der Waals surface area contributed by atoms with Crippen molar-refractivity contribution in [3.8, 4) is 0 Å². The number of hydrogen-bond acceptors (Lipinski definition) is 2. The number of aliphatic hydroxyl groups is 1. The summed E-state index contributed by atoms with van der Waals surface area (Å²) >= 11 is 6.09. The number of aliphatic hydroxyl groups excluding tert-OH is 1. The zero-order chi connectivity index (χ0) is 12.1. The molecule has 2 rings (SSSR count). The van der Waals surface area contributed by atoms with Crippen LogP contribution in [0.15, 0.2) is 24.3 Å². The first-order valence-corrected chi connectivity index (χ1v) is 6.75. The van der Waals surface area contributed by atoms with Crippen LogP contribution in [0.2, 0.25) is 5.02 Å². The van der Waals surface area contributed by atoms with Crippen LogP contribution in [0.5, 0.6) is 0 Å². The summed E-state index contributed by atoms with van der Waals surface area (Å²) < 4.78 is 0. The minimum absolute atomic E-state index is 0.0604. The molecule has 0 bridgehead atoms. The van der Waals surface area contributed by atoms with Crippen LogP contribution in [0.1, 0.15) is 31.2 Å². The Balaban J connectivity index is 1.71. The highest BCUT2D eigenvalue weighted by Gasteiger charge is 2.18. The molecule has 0 unspecified atom stereocenters. The number of rotatable bonds is 4. The highest BCUT2D eigenvalue weighted by Crippen LogP contribution is 2.23. The molecule has 2 N–H and O–H groups in total. The van der Waals surface area contributed by atoms with Crippen LogP contribution >= 0.6 is 11.6 Å². The van der Waals surface area contributed by atoms with Gasteiger partial charge in [0.15, 0.2) is 0 Å². The van der Waals surface area contributed by atoms with Crippen LogP contribution in [0, 0.1) is 5.92 Å². The Kier molecular flexibility index (Phi) is 4.84. The van der Waals surface area contributed by atoms with E-state index in [9.17, 15) is 5.11 Å². The van der Waals surface area contributed by atoms with Crippen LogP contribution in [0.4, 0.5) is 0 Å². The van der Waals surface area contributed by atoms with Crippen molar-refractivity contribution in [2.45, 2.75) is 38.3 Å². The third kappa shape index (κ3) is 3.98. The normalized spacial score (nSPS) is 24.8. The molecule has 0 amide bonds. The molecule has 17 heavy (non-hydrogen) atoms. The third-order valence-corrected chi connectivity index (χ3v) is 3.89. The van der Waals surface area contributed by atoms with Crippen LogP contribution in [-0.4, -0.2) is 17.8 Å². The summed E-state index contributed by atoms with van der Waals surface area (Å²) in [5.74, 6) is 0.709. The van der Waals surface area contributed by atoms with Gasteiger partial charge in [0.25, 0.3) is 0 Å². The molecule has 1 saturated carbocycles. The van der Waals surface area contributed by atoms with Crippen LogP contribution in [0.3, 0.4) is 0 Å². The molecule has 3 heteroatoms. The Labute approximate surface area is 108 Å². The van der Waals surface area contributed by atoms with Crippen molar-refractivity contribution in [1.82, 2.24) is 5.32 Å². The molecule has 1 aromatic rings. The number of benzene rings is 1. The van der Waals surface area contributed by atoms with Gasteiger partial charge in [-0.15, -0.1) is 0 Å². The molecule has 1 aliphatic carbocycles. The summed E-state index contributed by atoms with van der Waals surface area (Å²) in [5, 5.41) is 13.7. The predicted molar refractivity (Wildman–Crippen MR) is 71.1 cm³/mol. The molecule has 0 saturated heterocycles. The second-order valence-electron chi connectivity index (χ2n) is 4.90. The van der Waals surface area contributed by atoms with Crippen LogP contribution in [0.25, 0.3) is 0 Å². The first kappa shape index (κ1) is 12.9. The zero-order valence-corrected chi connectivity index (χ0v) is 10.8. The van der Waals surface area contributed by atoms with Crippen molar-refractivity contribution in [3.63, 3.8) is 0 Å². The van der Waals surface area contributed by atoms with E-state index < -0.39 is 0 Å². The first-order valence-electron chi connectivity index (χ1n) is 6.38. The van der Waals surface area contributed by atoms with E-state index in [1.807, 2.05) is 18.2 Å². The van der Waals surface area contributed by atoms with Gasteiger partial charge in [0.05, 0.1) is 6.10 Å². The largest absolute Gasteiger partial charge is 0.393 e. The monoisotopic (exact) mass is 253 g/mol. The van der Waals surface area contributed by atoms with Crippen molar-refractivity contribution >= 4 is 11.6 Å². The second-order valence-corrected chi connectivity index (χ2v) is 5.30. The first-order chi connectivity index (χ1) is 8.25. The average Bonchev–Trinajstić information content (AvgIpc) is 2.34. The zero-order valence-electron chi connectivity index (χ0n) is 10.0. The fourth-order valence-electron chi connectivity index (χ4n) is 2.40. The Morgan fingerprint density at radius 3 is 2.59 bits per heavy atom. The average molecular weight is 254 g/mol. The third-order valence-electron chi connectivity index (χ3n) is 3.52. The lowest BCUT2D eigenvalue weighted by molar-refractivity contribution is 0.108. The molecule has 0 aromatic heterocycles. The second kappa shape index (κ2) is 6.39. The highest BCUT2D eigenvalue weighted by molar-refractivity contribution is 6.31. The Morgan fingerprint density at radius 1 is 1.18 bits per heavy atom. The summed E-state index contributed by atoms with van der Waals surface area (Å²) in [6, 6.07) is 7.95. The topological polar surface area (TPSA) is 32.3 Å². The molecule has 1 aromatic carbocycles. The smallest absolute Gasteiger partial charge is 0.0540 e. The molecule has 0 aliphatic heterocycles. The molecule has 0 radical (unpaired) electrons. The van der Waals surface area contributed by atoms with E-state index in [0.717, 1.165) is 49.4 Å². The van der Waals surface area contributed by atoms with Gasteiger partial charge in [-0.1, -0.05) is 29.8 Å². The van der Waals surface area contributed by atoms with Gasteiger partial charge in [-0.2, -0.15) is 0 Å². The quantitative estimate of drug-likeness (QED) is 0.865. The molecule has 1 fully saturated rings. The summed E-state index contributed by atoms with van der Waals surface area (Å²) in [7, 11) is 0. The van der Waals surface area contributed by atoms with Gasteiger partial charge in [-0.25, -0.2) is 0 Å². The van der Waals surface area contributed by atoms with Gasteiger partial charge in [-0.05, 0) is 49.8 Å². The standard InChI is InChI=1S/C14H20ClNO/c15-14-4-2-1-3-12(14)10-16-9-11-5-7-13(17)8-6-11/h1-4,11,13,16-17H,5-10H2. The summed E-state index contributed by atoms with van der Waals surface area (Å²) in [5.41, 5.74) is 1.16. The highest BCUT2D eigenvalue weighted by atomic mass is 35.5. The van der Waals surface area contributed by atoms with Crippen molar-refractivity contribution in [2.24, 2.45) is 5.92 Å².